The van der Waals surface area contributed by atoms with Gasteiger partial charge >= 0.3 is 0 Å². The number of anilines is 1. The molecule has 0 saturated carbocycles. The first kappa shape index (κ1) is 18.2. The average molecular weight is 392 g/mol. The van der Waals surface area contributed by atoms with Crippen LogP contribution in [0.5, 0.6) is 0 Å². The number of nitrogens with one attached hydrogen (secondary N) is 1. The number of nitrogens with zero attached hydrogens (tertiary/aromatic N) is 3. The number of rotatable bonds is 5. The molecule has 5 nitrogen and oxygen atoms in total. The van der Waals surface area contributed by atoms with Crippen molar-refractivity contribution in [2.75, 3.05) is 11.1 Å². The normalized spacial score (nSPS) is 10.9. The van der Waals surface area contributed by atoms with Gasteiger partial charge in [0.05, 0.1) is 22.7 Å². The summed E-state index contributed by atoms with van der Waals surface area (Å²) < 4.78 is 14.8. The molecule has 4 aromatic rings. The zero-order chi connectivity index (χ0) is 19.5. The van der Waals surface area contributed by atoms with Gasteiger partial charge in [-0.15, -0.1) is 11.8 Å². The number of pyridine rings is 1. The number of amides is 1. The number of carbonyl (C=O) groups is 1. The summed E-state index contributed by atoms with van der Waals surface area (Å²) in [6.45, 7) is 1.84. The fourth-order valence-corrected chi connectivity index (χ4v) is 3.73. The minimum Gasteiger partial charge on any atom is -0.310 e. The molecule has 1 N–H and O–H groups in total. The molecule has 0 unspecified atom stereocenters. The van der Waals surface area contributed by atoms with Gasteiger partial charge in [0.15, 0.2) is 0 Å². The monoisotopic (exact) mass is 392 g/mol. The fourth-order valence-electron chi connectivity index (χ4n) is 2.89. The van der Waals surface area contributed by atoms with Crippen LogP contribution in [0.3, 0.4) is 0 Å². The minimum atomic E-state index is -0.320. The molecular weight excluding hydrogens is 375 g/mol. The molecule has 2 aromatic heterocycles. The van der Waals surface area contributed by atoms with E-state index in [1.165, 1.54) is 23.9 Å². The third kappa shape index (κ3) is 3.89. The summed E-state index contributed by atoms with van der Waals surface area (Å²) in [7, 11) is 0. The Kier molecular flexibility index (Phi) is 5.08. The number of para-hydroxylation sites is 1. The Bertz CT molecular complexity index is 1140. The number of fused-ring (bicyclic) bond motifs is 1. The largest absolute Gasteiger partial charge is 0.310 e. The Balaban J connectivity index is 1.49. The molecular formula is C21H17FN4OS. The smallest absolute Gasteiger partial charge is 0.235 e. The van der Waals surface area contributed by atoms with Gasteiger partial charge in [0, 0.05) is 22.5 Å². The molecule has 140 valence electrons. The quantitative estimate of drug-likeness (QED) is 0.504. The SMILES string of the molecule is Cc1cc(NC(=O)CSc2ccnc3ccccc23)n(-c2ccc(F)cc2)n1. The molecule has 28 heavy (non-hydrogen) atoms. The third-order valence-electron chi connectivity index (χ3n) is 4.14. The number of aryl methyl sites for hydroxylation is 1. The van der Waals surface area contributed by atoms with Gasteiger partial charge in [-0.2, -0.15) is 5.10 Å². The molecule has 4 rings (SSSR count). The van der Waals surface area contributed by atoms with E-state index in [-0.39, 0.29) is 17.5 Å². The van der Waals surface area contributed by atoms with E-state index >= 15 is 0 Å². The third-order valence-corrected chi connectivity index (χ3v) is 5.21. The summed E-state index contributed by atoms with van der Waals surface area (Å²) in [5.41, 5.74) is 2.34. The average Bonchev–Trinajstić information content (AvgIpc) is 3.07. The van der Waals surface area contributed by atoms with Crippen molar-refractivity contribution in [3.8, 4) is 5.69 Å². The maximum absolute atomic E-state index is 13.2. The van der Waals surface area contributed by atoms with Crippen LogP contribution in [0.25, 0.3) is 16.6 Å². The highest BCUT2D eigenvalue weighted by Gasteiger charge is 2.12. The lowest BCUT2D eigenvalue weighted by atomic mass is 10.2. The number of aromatic nitrogens is 3. The Morgan fingerprint density at radius 1 is 1.14 bits per heavy atom. The first-order valence-corrected chi connectivity index (χ1v) is 9.68. The van der Waals surface area contributed by atoms with Crippen LogP contribution >= 0.6 is 11.8 Å². The van der Waals surface area contributed by atoms with Gasteiger partial charge in [-0.1, -0.05) is 18.2 Å². The van der Waals surface area contributed by atoms with Crippen LogP contribution in [0.2, 0.25) is 0 Å². The molecule has 0 aliphatic heterocycles. The summed E-state index contributed by atoms with van der Waals surface area (Å²) in [5, 5.41) is 8.30. The maximum Gasteiger partial charge on any atom is 0.235 e. The molecule has 2 aromatic carbocycles. The summed E-state index contributed by atoms with van der Waals surface area (Å²) in [6, 6.07) is 17.5. The maximum atomic E-state index is 13.2. The van der Waals surface area contributed by atoms with Gasteiger partial charge in [0.25, 0.3) is 0 Å². The Morgan fingerprint density at radius 3 is 2.75 bits per heavy atom. The van der Waals surface area contributed by atoms with Crippen LogP contribution in [0, 0.1) is 12.7 Å². The molecule has 1 amide bonds. The standard InChI is InChI=1S/C21H17FN4OS/c1-14-12-20(26(25-14)16-8-6-15(22)7-9-16)24-21(27)13-28-19-10-11-23-18-5-3-2-4-17(18)19/h2-12H,13H2,1H3,(H,24,27). The summed E-state index contributed by atoms with van der Waals surface area (Å²) in [6.07, 6.45) is 1.75. The van der Waals surface area contributed by atoms with Crippen LogP contribution in [0.4, 0.5) is 10.2 Å². The van der Waals surface area contributed by atoms with Gasteiger partial charge in [-0.05, 0) is 43.3 Å². The molecule has 0 saturated heterocycles. The van der Waals surface area contributed by atoms with Gasteiger partial charge in [0.1, 0.15) is 11.6 Å². The number of carbonyl (C=O) groups excluding carboxylic acids is 1. The lowest BCUT2D eigenvalue weighted by Gasteiger charge is -2.09. The summed E-state index contributed by atoms with van der Waals surface area (Å²) in [4.78, 5) is 17.9. The Hall–Kier alpha value is -3.19. The van der Waals surface area contributed by atoms with Crippen LogP contribution in [0.15, 0.2) is 71.8 Å². The van der Waals surface area contributed by atoms with Gasteiger partial charge < -0.3 is 5.32 Å². The molecule has 0 spiro atoms. The predicted octanol–water partition coefficient (Wildman–Crippen LogP) is 4.60. The van der Waals surface area contributed by atoms with Crippen molar-refractivity contribution in [1.29, 1.82) is 0 Å². The molecule has 7 heteroatoms. The van der Waals surface area contributed by atoms with E-state index < -0.39 is 0 Å². The van der Waals surface area contributed by atoms with Crippen molar-refractivity contribution in [1.82, 2.24) is 14.8 Å². The number of hydrogen-bond acceptors (Lipinski definition) is 4. The molecule has 0 bridgehead atoms. The zero-order valence-electron chi connectivity index (χ0n) is 15.1. The van der Waals surface area contributed by atoms with E-state index in [0.717, 1.165) is 21.5 Å². The van der Waals surface area contributed by atoms with E-state index in [2.05, 4.69) is 15.4 Å². The van der Waals surface area contributed by atoms with Crippen LogP contribution < -0.4 is 5.32 Å². The van der Waals surface area contributed by atoms with Crippen molar-refractivity contribution in [3.63, 3.8) is 0 Å². The van der Waals surface area contributed by atoms with Crippen LogP contribution in [0.1, 0.15) is 5.69 Å². The lowest BCUT2D eigenvalue weighted by Crippen LogP contribution is -2.17. The Morgan fingerprint density at radius 2 is 1.93 bits per heavy atom. The molecule has 0 fully saturated rings. The van der Waals surface area contributed by atoms with Crippen molar-refractivity contribution in [2.24, 2.45) is 0 Å². The van der Waals surface area contributed by atoms with E-state index in [0.29, 0.717) is 11.5 Å². The van der Waals surface area contributed by atoms with E-state index in [1.54, 1.807) is 29.1 Å². The summed E-state index contributed by atoms with van der Waals surface area (Å²) in [5.74, 6) is 0.337. The number of thioether (sulfide) groups is 1. The minimum absolute atomic E-state index is 0.144. The fraction of sp³-hybridized carbons (Fsp3) is 0.0952. The Labute approximate surface area is 165 Å². The predicted molar refractivity (Wildman–Crippen MR) is 109 cm³/mol. The number of benzene rings is 2. The topological polar surface area (TPSA) is 59.8 Å². The van der Waals surface area contributed by atoms with Crippen molar-refractivity contribution >= 4 is 34.4 Å². The van der Waals surface area contributed by atoms with E-state index in [9.17, 15) is 9.18 Å². The second-order valence-corrected chi connectivity index (χ2v) is 7.24. The van der Waals surface area contributed by atoms with Gasteiger partial charge in [-0.3, -0.25) is 9.78 Å². The number of hydrogen-bond donors (Lipinski definition) is 1. The van der Waals surface area contributed by atoms with Gasteiger partial charge in [-0.25, -0.2) is 9.07 Å². The second kappa shape index (κ2) is 7.82. The van der Waals surface area contributed by atoms with Crippen LogP contribution in [-0.2, 0) is 4.79 Å². The summed E-state index contributed by atoms with van der Waals surface area (Å²) >= 11 is 1.46. The first-order chi connectivity index (χ1) is 13.6. The highest BCUT2D eigenvalue weighted by Crippen LogP contribution is 2.26. The van der Waals surface area contributed by atoms with Crippen molar-refractivity contribution in [3.05, 3.63) is 78.4 Å². The molecule has 0 atom stereocenters. The molecule has 0 aliphatic carbocycles. The number of halogens is 1. The lowest BCUT2D eigenvalue weighted by molar-refractivity contribution is -0.113. The van der Waals surface area contributed by atoms with Crippen molar-refractivity contribution in [2.45, 2.75) is 11.8 Å². The zero-order valence-corrected chi connectivity index (χ0v) is 15.9. The highest BCUT2D eigenvalue weighted by molar-refractivity contribution is 8.00. The second-order valence-electron chi connectivity index (χ2n) is 6.22. The van der Waals surface area contributed by atoms with Crippen LogP contribution in [-0.4, -0.2) is 26.4 Å². The van der Waals surface area contributed by atoms with Gasteiger partial charge in [0.2, 0.25) is 5.91 Å². The highest BCUT2D eigenvalue weighted by atomic mass is 32.2. The first-order valence-electron chi connectivity index (χ1n) is 8.69. The van der Waals surface area contributed by atoms with E-state index in [1.807, 2.05) is 37.3 Å². The molecule has 0 radical (unpaired) electrons. The molecule has 0 aliphatic rings. The molecule has 2 heterocycles. The van der Waals surface area contributed by atoms with Crippen molar-refractivity contribution < 1.29 is 9.18 Å². The van der Waals surface area contributed by atoms with E-state index in [4.69, 9.17) is 0 Å².